The smallest absolute Gasteiger partial charge is 0.142 e. The molecule has 94 valence electrons. The summed E-state index contributed by atoms with van der Waals surface area (Å²) in [5, 5.41) is 0.0562. The third kappa shape index (κ3) is 4.34. The number of nitrogens with two attached hydrogens (primary N) is 1. The van der Waals surface area contributed by atoms with Gasteiger partial charge in [0.25, 0.3) is 0 Å². The maximum atomic E-state index is 11.4. The molecule has 0 aliphatic rings. The second-order valence-corrected chi connectivity index (χ2v) is 5.22. The minimum absolute atomic E-state index is 0.0562. The Kier molecular flexibility index (Phi) is 5.41. The fourth-order valence-corrected chi connectivity index (χ4v) is 2.72. The molecule has 2 N–H and O–H groups in total. The van der Waals surface area contributed by atoms with Crippen LogP contribution in [0.1, 0.15) is 38.1 Å². The van der Waals surface area contributed by atoms with E-state index >= 15 is 0 Å². The third-order valence-electron chi connectivity index (χ3n) is 2.46. The topological polar surface area (TPSA) is 68.9 Å². The number of ketones is 1. The van der Waals surface area contributed by atoms with Crippen molar-refractivity contribution in [3.63, 3.8) is 0 Å². The van der Waals surface area contributed by atoms with Gasteiger partial charge in [0.05, 0.1) is 5.25 Å². The van der Waals surface area contributed by atoms with Crippen molar-refractivity contribution in [3.8, 4) is 0 Å². The van der Waals surface area contributed by atoms with Gasteiger partial charge in [-0.15, -0.1) is 11.8 Å². The molecule has 0 amide bonds. The number of rotatable bonds is 6. The van der Waals surface area contributed by atoms with Gasteiger partial charge in [0.15, 0.2) is 0 Å². The molecule has 1 aromatic heterocycles. The highest BCUT2D eigenvalue weighted by molar-refractivity contribution is 7.99. The van der Waals surface area contributed by atoms with Crippen LogP contribution in [0.2, 0.25) is 0 Å². The lowest BCUT2D eigenvalue weighted by Gasteiger charge is -2.12. The Morgan fingerprint density at radius 2 is 2.29 bits per heavy atom. The molecule has 1 heterocycles. The van der Waals surface area contributed by atoms with Crippen molar-refractivity contribution < 1.29 is 4.79 Å². The molecular formula is C12H19N3OS. The Bertz CT molecular complexity index is 395. The van der Waals surface area contributed by atoms with Crippen LogP contribution in [0, 0.1) is 6.92 Å². The number of hydrogen-bond donors (Lipinski definition) is 1. The van der Waals surface area contributed by atoms with Gasteiger partial charge < -0.3 is 5.73 Å². The van der Waals surface area contributed by atoms with Crippen molar-refractivity contribution in [3.05, 3.63) is 17.6 Å². The van der Waals surface area contributed by atoms with Crippen molar-refractivity contribution in [2.75, 3.05) is 5.73 Å². The zero-order valence-corrected chi connectivity index (χ0v) is 11.4. The van der Waals surface area contributed by atoms with Gasteiger partial charge in [-0.1, -0.05) is 13.3 Å². The van der Waals surface area contributed by atoms with Gasteiger partial charge in [-0.2, -0.15) is 0 Å². The summed E-state index contributed by atoms with van der Waals surface area (Å²) in [4.78, 5) is 19.6. The Balaban J connectivity index is 2.62. The molecule has 5 heteroatoms. The molecule has 1 rings (SSSR count). The molecule has 1 atom stereocenters. The van der Waals surface area contributed by atoms with E-state index < -0.39 is 0 Å². The molecule has 0 saturated heterocycles. The normalized spacial score (nSPS) is 12.4. The first-order chi connectivity index (χ1) is 8.04. The number of carbonyl (C=O) groups excluding carboxylic acids is 1. The largest absolute Gasteiger partial charge is 0.383 e. The van der Waals surface area contributed by atoms with Crippen LogP contribution in [0.3, 0.4) is 0 Å². The first-order valence-corrected chi connectivity index (χ1v) is 6.79. The molecule has 0 saturated carbocycles. The van der Waals surface area contributed by atoms with E-state index in [4.69, 9.17) is 5.73 Å². The second kappa shape index (κ2) is 6.59. The first kappa shape index (κ1) is 14.0. The lowest BCUT2D eigenvalue weighted by Crippen LogP contribution is -2.13. The van der Waals surface area contributed by atoms with Gasteiger partial charge in [0, 0.05) is 17.5 Å². The van der Waals surface area contributed by atoms with Crippen LogP contribution in [0.5, 0.6) is 0 Å². The van der Waals surface area contributed by atoms with Crippen LogP contribution in [-0.2, 0) is 10.5 Å². The van der Waals surface area contributed by atoms with Crippen LogP contribution in [0.25, 0.3) is 0 Å². The minimum Gasteiger partial charge on any atom is -0.383 e. The molecule has 17 heavy (non-hydrogen) atoms. The Morgan fingerprint density at radius 1 is 1.59 bits per heavy atom. The van der Waals surface area contributed by atoms with Crippen LogP contribution >= 0.6 is 11.8 Å². The lowest BCUT2D eigenvalue weighted by molar-refractivity contribution is -0.116. The number of aryl methyl sites for hydroxylation is 1. The Hall–Kier alpha value is -1.10. The summed E-state index contributed by atoms with van der Waals surface area (Å²) in [7, 11) is 0. The van der Waals surface area contributed by atoms with E-state index in [1.54, 1.807) is 24.9 Å². The molecule has 1 unspecified atom stereocenters. The van der Waals surface area contributed by atoms with Gasteiger partial charge in [-0.25, -0.2) is 9.97 Å². The van der Waals surface area contributed by atoms with Gasteiger partial charge in [0.1, 0.15) is 17.4 Å². The number of anilines is 1. The van der Waals surface area contributed by atoms with E-state index in [9.17, 15) is 4.79 Å². The zero-order chi connectivity index (χ0) is 12.8. The van der Waals surface area contributed by atoms with Crippen molar-refractivity contribution in [1.29, 1.82) is 0 Å². The summed E-state index contributed by atoms with van der Waals surface area (Å²) in [5.41, 5.74) is 6.71. The zero-order valence-electron chi connectivity index (χ0n) is 10.6. The number of Topliss-reactive ketones (excluding diaryl/α,β-unsaturated/α-hetero) is 1. The highest BCUT2D eigenvalue weighted by Crippen LogP contribution is 2.24. The highest BCUT2D eigenvalue weighted by Gasteiger charge is 2.14. The molecule has 0 spiro atoms. The molecule has 0 bridgehead atoms. The summed E-state index contributed by atoms with van der Waals surface area (Å²) < 4.78 is 0. The van der Waals surface area contributed by atoms with Crippen LogP contribution in [0.4, 0.5) is 5.82 Å². The molecule has 1 aromatic rings. The van der Waals surface area contributed by atoms with E-state index in [0.717, 1.165) is 18.4 Å². The fourth-order valence-electron chi connectivity index (χ4n) is 1.48. The van der Waals surface area contributed by atoms with Gasteiger partial charge in [0.2, 0.25) is 0 Å². The maximum Gasteiger partial charge on any atom is 0.142 e. The van der Waals surface area contributed by atoms with E-state index in [0.29, 0.717) is 17.4 Å². The number of thioether (sulfide) groups is 1. The van der Waals surface area contributed by atoms with Crippen molar-refractivity contribution >= 4 is 23.4 Å². The highest BCUT2D eigenvalue weighted by atomic mass is 32.2. The van der Waals surface area contributed by atoms with Crippen LogP contribution < -0.4 is 5.73 Å². The van der Waals surface area contributed by atoms with Crippen molar-refractivity contribution in [2.24, 2.45) is 0 Å². The molecule has 0 aliphatic heterocycles. The average Bonchev–Trinajstić information content (AvgIpc) is 2.25. The number of nitrogens with zero attached hydrogens (tertiary/aromatic N) is 2. The van der Waals surface area contributed by atoms with Crippen molar-refractivity contribution in [1.82, 2.24) is 9.97 Å². The Morgan fingerprint density at radius 3 is 2.82 bits per heavy atom. The molecular weight excluding hydrogens is 234 g/mol. The fraction of sp³-hybridized carbons (Fsp3) is 0.583. The molecule has 0 radical (unpaired) electrons. The number of aromatic nitrogens is 2. The van der Waals surface area contributed by atoms with E-state index in [2.05, 4.69) is 16.9 Å². The summed E-state index contributed by atoms with van der Waals surface area (Å²) in [6.45, 7) is 5.53. The monoisotopic (exact) mass is 253 g/mol. The van der Waals surface area contributed by atoms with Gasteiger partial charge in [-0.05, 0) is 20.3 Å². The lowest BCUT2D eigenvalue weighted by atomic mass is 10.2. The summed E-state index contributed by atoms with van der Waals surface area (Å²) in [6.07, 6.45) is 3.66. The van der Waals surface area contributed by atoms with E-state index in [1.807, 2.05) is 6.92 Å². The first-order valence-electron chi connectivity index (χ1n) is 5.74. The Labute approximate surface area is 106 Å². The van der Waals surface area contributed by atoms with E-state index in [1.165, 1.54) is 0 Å². The summed E-state index contributed by atoms with van der Waals surface area (Å²) >= 11 is 1.62. The van der Waals surface area contributed by atoms with Crippen LogP contribution in [0.15, 0.2) is 6.20 Å². The quantitative estimate of drug-likeness (QED) is 0.842. The number of nitrogen functional groups attached to an aromatic ring is 1. The van der Waals surface area contributed by atoms with Crippen molar-refractivity contribution in [2.45, 2.75) is 44.6 Å². The number of hydrogen-bond acceptors (Lipinski definition) is 5. The second-order valence-electron chi connectivity index (χ2n) is 4.03. The third-order valence-corrected chi connectivity index (χ3v) is 3.91. The molecule has 0 aromatic carbocycles. The van der Waals surface area contributed by atoms with Gasteiger partial charge in [-0.3, -0.25) is 4.79 Å². The predicted molar refractivity (Wildman–Crippen MR) is 71.9 cm³/mol. The minimum atomic E-state index is 0.0562. The number of carbonyl (C=O) groups is 1. The SMILES string of the molecule is CCCC(SCc1cnc(C)nc1N)C(C)=O. The average molecular weight is 253 g/mol. The van der Waals surface area contributed by atoms with Gasteiger partial charge >= 0.3 is 0 Å². The molecule has 0 aliphatic carbocycles. The summed E-state index contributed by atoms with van der Waals surface area (Å²) in [5.74, 6) is 2.11. The maximum absolute atomic E-state index is 11.4. The predicted octanol–water partition coefficient (Wildman–Crippen LogP) is 2.36. The van der Waals surface area contributed by atoms with Crippen LogP contribution in [-0.4, -0.2) is 21.0 Å². The summed E-state index contributed by atoms with van der Waals surface area (Å²) in [6, 6.07) is 0. The van der Waals surface area contributed by atoms with E-state index in [-0.39, 0.29) is 11.0 Å². The molecule has 4 nitrogen and oxygen atoms in total. The molecule has 0 fully saturated rings. The standard InChI is InChI=1S/C12H19N3OS/c1-4-5-11(8(2)16)17-7-10-6-14-9(3)15-12(10)13/h6,11H,4-5,7H2,1-3H3,(H2,13,14,15).